The molecule has 8 heteroatoms. The van der Waals surface area contributed by atoms with Crippen LogP contribution in [0.5, 0.6) is 11.5 Å². The minimum atomic E-state index is -1.28. The Labute approximate surface area is 278 Å². The van der Waals surface area contributed by atoms with Crippen molar-refractivity contribution in [3.63, 3.8) is 0 Å². The molecule has 3 aromatic carbocycles. The van der Waals surface area contributed by atoms with Gasteiger partial charge < -0.3 is 28.8 Å². The van der Waals surface area contributed by atoms with E-state index in [1.807, 2.05) is 78.9 Å². The van der Waals surface area contributed by atoms with E-state index in [0.29, 0.717) is 17.1 Å². The third kappa shape index (κ3) is 7.39. The van der Waals surface area contributed by atoms with Crippen molar-refractivity contribution in [3.8, 4) is 11.5 Å². The zero-order valence-electron chi connectivity index (χ0n) is 28.8. The summed E-state index contributed by atoms with van der Waals surface area (Å²) in [5, 5.41) is 11.2. The van der Waals surface area contributed by atoms with Crippen LogP contribution in [0, 0.1) is 16.2 Å². The van der Waals surface area contributed by atoms with Gasteiger partial charge in [0.25, 0.3) is 0 Å². The van der Waals surface area contributed by atoms with Crippen LogP contribution in [0.4, 0.5) is 0 Å². The molecule has 0 bridgehead atoms. The highest BCUT2D eigenvalue weighted by molar-refractivity contribution is 5.76. The van der Waals surface area contributed by atoms with Crippen molar-refractivity contribution in [2.24, 2.45) is 16.2 Å². The first kappa shape index (κ1) is 35.7. The lowest BCUT2D eigenvalue weighted by Gasteiger charge is -2.42. The molecular weight excluding hydrogens is 596 g/mol. The lowest BCUT2D eigenvalue weighted by atomic mass is 9.78. The molecule has 3 atom stereocenters. The number of rotatable bonds is 11. The van der Waals surface area contributed by atoms with Gasteiger partial charge in [-0.25, -0.2) is 0 Å². The number of benzene rings is 3. The van der Waals surface area contributed by atoms with Gasteiger partial charge in [0.05, 0.1) is 43.2 Å². The molecule has 0 unspecified atom stereocenters. The molecule has 1 saturated carbocycles. The van der Waals surface area contributed by atoms with Crippen molar-refractivity contribution in [1.29, 1.82) is 0 Å². The Hall–Kier alpha value is -4.14. The van der Waals surface area contributed by atoms with E-state index in [1.54, 1.807) is 55.8 Å². The number of aliphatic hydroxyl groups excluding tert-OH is 1. The molecule has 1 aliphatic rings. The Morgan fingerprint density at radius 2 is 1.21 bits per heavy atom. The van der Waals surface area contributed by atoms with E-state index in [2.05, 4.69) is 6.58 Å². The molecule has 0 spiro atoms. The van der Waals surface area contributed by atoms with E-state index in [0.717, 1.165) is 16.7 Å². The summed E-state index contributed by atoms with van der Waals surface area (Å²) in [5.74, 6) is 0.469. The Bertz CT molecular complexity index is 1480. The monoisotopic (exact) mass is 644 g/mol. The third-order valence-electron chi connectivity index (χ3n) is 8.75. The van der Waals surface area contributed by atoms with Crippen molar-refractivity contribution in [1.82, 2.24) is 0 Å². The molecule has 252 valence electrons. The maximum Gasteiger partial charge on any atom is 0.311 e. The lowest BCUT2D eigenvalue weighted by Crippen LogP contribution is -2.48. The molecule has 0 amide bonds. The molecule has 0 saturated heterocycles. The predicted octanol–water partition coefficient (Wildman–Crippen LogP) is 6.87. The Kier molecular flexibility index (Phi) is 10.6. The first-order valence-electron chi connectivity index (χ1n) is 15.8. The standard InChI is InChI=1S/C39H48O8/c1-26-32(40)23-33(47-35(42)37(5,6)7)38(26,24-45-34(41)36(2,3)4)25-46-39(27-13-11-10-12-14-27,28-15-19-30(43-8)20-16-28)29-17-21-31(44-9)22-18-29/h10-22,32-33,40H,1,23-25H2,2-9H3/t32-,33+,38-/m1/s1. The molecule has 47 heavy (non-hydrogen) atoms. The second kappa shape index (κ2) is 13.9. The van der Waals surface area contributed by atoms with Gasteiger partial charge in [-0.15, -0.1) is 0 Å². The van der Waals surface area contributed by atoms with E-state index >= 15 is 0 Å². The van der Waals surface area contributed by atoms with Gasteiger partial charge in [0, 0.05) is 6.42 Å². The Morgan fingerprint density at radius 1 is 0.745 bits per heavy atom. The summed E-state index contributed by atoms with van der Waals surface area (Å²) < 4.78 is 30.2. The van der Waals surface area contributed by atoms with Crippen LogP contribution in [0.15, 0.2) is 91.0 Å². The van der Waals surface area contributed by atoms with Crippen LogP contribution in [0.3, 0.4) is 0 Å². The maximum atomic E-state index is 13.3. The summed E-state index contributed by atoms with van der Waals surface area (Å²) in [6, 6.07) is 25.0. The van der Waals surface area contributed by atoms with Gasteiger partial charge >= 0.3 is 11.9 Å². The van der Waals surface area contributed by atoms with Crippen LogP contribution in [0.1, 0.15) is 64.7 Å². The first-order chi connectivity index (χ1) is 22.1. The number of esters is 2. The fourth-order valence-electron chi connectivity index (χ4n) is 5.71. The summed E-state index contributed by atoms with van der Waals surface area (Å²) >= 11 is 0. The van der Waals surface area contributed by atoms with Crippen LogP contribution >= 0.6 is 0 Å². The number of aliphatic hydroxyl groups is 1. The van der Waals surface area contributed by atoms with Gasteiger partial charge in [0.1, 0.15) is 29.8 Å². The Balaban J connectivity index is 1.92. The fourth-order valence-corrected chi connectivity index (χ4v) is 5.71. The SMILES string of the molecule is C=C1[C@H](O)C[C@H](OC(=O)C(C)(C)C)[C@]1(COC(=O)C(C)(C)C)COC(c1ccccc1)(c1ccc(OC)cc1)c1ccc(OC)cc1. The Morgan fingerprint density at radius 3 is 1.66 bits per heavy atom. The molecule has 1 fully saturated rings. The van der Waals surface area contributed by atoms with E-state index in [-0.39, 0.29) is 19.6 Å². The highest BCUT2D eigenvalue weighted by Gasteiger charge is 2.56. The zero-order valence-corrected chi connectivity index (χ0v) is 28.8. The lowest BCUT2D eigenvalue weighted by molar-refractivity contribution is -0.175. The highest BCUT2D eigenvalue weighted by Crippen LogP contribution is 2.49. The van der Waals surface area contributed by atoms with E-state index in [4.69, 9.17) is 23.7 Å². The molecule has 0 heterocycles. The minimum absolute atomic E-state index is 0.0838. The number of methoxy groups -OCH3 is 2. The maximum absolute atomic E-state index is 13.3. The zero-order chi connectivity index (χ0) is 34.6. The van der Waals surface area contributed by atoms with E-state index < -0.39 is 46.0 Å². The average molecular weight is 645 g/mol. The molecule has 0 radical (unpaired) electrons. The van der Waals surface area contributed by atoms with Crippen LogP contribution in [-0.4, -0.2) is 56.7 Å². The second-order valence-electron chi connectivity index (χ2n) is 14.2. The second-order valence-corrected chi connectivity index (χ2v) is 14.2. The van der Waals surface area contributed by atoms with Gasteiger partial charge in [0.15, 0.2) is 0 Å². The molecule has 1 N–H and O–H groups in total. The number of hydrogen-bond donors (Lipinski definition) is 1. The van der Waals surface area contributed by atoms with Crippen molar-refractivity contribution >= 4 is 11.9 Å². The molecule has 1 aliphatic carbocycles. The number of carbonyl (C=O) groups excluding carboxylic acids is 2. The minimum Gasteiger partial charge on any atom is -0.497 e. The van der Waals surface area contributed by atoms with Crippen molar-refractivity contribution in [2.45, 2.75) is 65.8 Å². The van der Waals surface area contributed by atoms with E-state index in [9.17, 15) is 14.7 Å². The topological polar surface area (TPSA) is 101 Å². The highest BCUT2D eigenvalue weighted by atomic mass is 16.6. The number of carbonyl (C=O) groups is 2. The van der Waals surface area contributed by atoms with E-state index in [1.165, 1.54) is 0 Å². The van der Waals surface area contributed by atoms with Crippen LogP contribution in [0.2, 0.25) is 0 Å². The van der Waals surface area contributed by atoms with Crippen molar-refractivity contribution in [3.05, 3.63) is 108 Å². The van der Waals surface area contributed by atoms with Crippen LogP contribution in [-0.2, 0) is 29.4 Å². The number of hydrogen-bond acceptors (Lipinski definition) is 8. The van der Waals surface area contributed by atoms with Gasteiger partial charge in [-0.3, -0.25) is 9.59 Å². The summed E-state index contributed by atoms with van der Waals surface area (Å²) in [7, 11) is 3.22. The summed E-state index contributed by atoms with van der Waals surface area (Å²) in [4.78, 5) is 26.4. The summed E-state index contributed by atoms with van der Waals surface area (Å²) in [6.07, 6.45) is -1.82. The molecule has 0 aromatic heterocycles. The van der Waals surface area contributed by atoms with Gasteiger partial charge in [-0.2, -0.15) is 0 Å². The molecule has 3 aromatic rings. The summed E-state index contributed by atoms with van der Waals surface area (Å²) in [6.45, 7) is 14.5. The van der Waals surface area contributed by atoms with Crippen molar-refractivity contribution in [2.75, 3.05) is 27.4 Å². The average Bonchev–Trinajstić information content (AvgIpc) is 3.28. The third-order valence-corrected chi connectivity index (χ3v) is 8.75. The van der Waals surface area contributed by atoms with Crippen LogP contribution < -0.4 is 9.47 Å². The molecule has 0 aliphatic heterocycles. The largest absolute Gasteiger partial charge is 0.497 e. The quantitative estimate of drug-likeness (QED) is 0.137. The van der Waals surface area contributed by atoms with Gasteiger partial charge in [-0.1, -0.05) is 61.2 Å². The number of ether oxygens (including phenoxy) is 5. The smallest absolute Gasteiger partial charge is 0.311 e. The summed E-state index contributed by atoms with van der Waals surface area (Å²) in [5.41, 5.74) is -1.32. The van der Waals surface area contributed by atoms with Gasteiger partial charge in [0.2, 0.25) is 0 Å². The fraction of sp³-hybridized carbons (Fsp3) is 0.436. The molecule has 8 nitrogen and oxygen atoms in total. The normalized spacial score (nSPS) is 20.1. The molecular formula is C39H48O8. The molecule has 4 rings (SSSR count). The first-order valence-corrected chi connectivity index (χ1v) is 15.8. The van der Waals surface area contributed by atoms with Crippen LogP contribution in [0.25, 0.3) is 0 Å². The van der Waals surface area contributed by atoms with Crippen molar-refractivity contribution < 1.29 is 38.4 Å². The van der Waals surface area contributed by atoms with Gasteiger partial charge in [-0.05, 0) is 88.1 Å². The predicted molar refractivity (Wildman–Crippen MR) is 180 cm³/mol.